The maximum absolute atomic E-state index is 14.5. The molecule has 16 amide bonds. The Morgan fingerprint density at radius 1 is 0.410 bits per heavy atom. The van der Waals surface area contributed by atoms with Gasteiger partial charge in [0.25, 0.3) is 0 Å². The van der Waals surface area contributed by atoms with Gasteiger partial charge >= 0.3 is 0 Å². The van der Waals surface area contributed by atoms with Crippen LogP contribution in [0.3, 0.4) is 0 Å². The third-order valence-corrected chi connectivity index (χ3v) is 23.0. The Morgan fingerprint density at radius 3 is 1.38 bits per heavy atom. The van der Waals surface area contributed by atoms with E-state index >= 15 is 0 Å². The van der Waals surface area contributed by atoms with Crippen LogP contribution in [0.15, 0.2) is 0 Å². The second kappa shape index (κ2) is 42.1. The fourth-order valence-electron chi connectivity index (χ4n) is 15.5. The molecule has 0 aromatic carbocycles. The molecule has 5 aliphatic heterocycles. The molecular weight excluding hydrogens is 1510 g/mol. The van der Waals surface area contributed by atoms with E-state index in [2.05, 4.69) is 92.4 Å². The number of rotatable bonds is 39. The minimum atomic E-state index is -1.67. The molecule has 3 saturated heterocycles. The van der Waals surface area contributed by atoms with Gasteiger partial charge in [0.2, 0.25) is 100 Å². The van der Waals surface area contributed by atoms with Crippen molar-refractivity contribution < 1.29 is 81.3 Å². The van der Waals surface area contributed by atoms with Gasteiger partial charge in [-0.2, -0.15) is 0 Å². The number of nitrogens with one attached hydrogen (secondary N) is 13. The van der Waals surface area contributed by atoms with Crippen LogP contribution in [-0.2, 0) is 76.7 Å². The number of amides is 16. The van der Waals surface area contributed by atoms with Crippen molar-refractivity contribution in [3.05, 3.63) is 0 Å². The molecule has 5 aliphatic rings. The number of nitrogens with zero attached hydrogens (tertiary/aromatic N) is 5. The van der Waals surface area contributed by atoms with E-state index in [0.717, 1.165) is 58.2 Å². The van der Waals surface area contributed by atoms with Crippen molar-refractivity contribution in [3.8, 4) is 0 Å². The molecule has 9 atom stereocenters. The summed E-state index contributed by atoms with van der Waals surface area (Å²) in [7, 11) is 0. The van der Waals surface area contributed by atoms with Crippen molar-refractivity contribution in [1.29, 1.82) is 0 Å². The number of carbonyl (C=O) groups is 16. The Labute approximate surface area is 693 Å². The average molecular weight is 1650 g/mol. The van der Waals surface area contributed by atoms with Crippen LogP contribution < -0.4 is 69.1 Å². The summed E-state index contributed by atoms with van der Waals surface area (Å²) in [6, 6.07) is -6.43. The minimum absolute atomic E-state index is 0.0648. The van der Waals surface area contributed by atoms with Crippen LogP contribution in [0, 0.1) is 17.8 Å². The fraction of sp³-hybridized carbons (Fsp3) is 0.795. The molecule has 0 unspecified atom stereocenters. The SMILES string of the molecule is CC[C@](C)(NC(=O)[C@H](CC(C)C)NC(=O)[C@H](C)NC(=O)C(C)(C)NC(=O)[C@@H]1CCCCN1C(=O)C(C)(C)NC(=O)C(C)(C)NC(=O)CNC(=O)CCNC(=O)[C@H](CC(C)C)NC(=O)C(C)(C)NC(=O)[C@](C)(CC)NC(=O)[C@@H]1CCCCN1C(=O)C(C)(C)NC(=O)[C@@H]1CCCCN1C(C)=O)C(=O)N[C@@H](CC(C)C)CN1CCC[N+]2=C1CCC2. The van der Waals surface area contributed by atoms with Gasteiger partial charge in [0, 0.05) is 45.9 Å². The van der Waals surface area contributed by atoms with Gasteiger partial charge in [-0.3, -0.25) is 86.2 Å². The summed E-state index contributed by atoms with van der Waals surface area (Å²) >= 11 is 0. The van der Waals surface area contributed by atoms with Gasteiger partial charge in [0.15, 0.2) is 0 Å². The topological polar surface area (TPSA) is 445 Å². The van der Waals surface area contributed by atoms with Gasteiger partial charge < -0.3 is 83.8 Å². The third-order valence-electron chi connectivity index (χ3n) is 23.0. The summed E-state index contributed by atoms with van der Waals surface area (Å²) in [4.78, 5) is 229. The van der Waals surface area contributed by atoms with Gasteiger partial charge in [-0.25, -0.2) is 0 Å². The Kier molecular flexibility index (Phi) is 35.5. The Bertz CT molecular complexity index is 3670. The molecule has 660 valence electrons. The number of likely N-dealkylation sites (tertiary alicyclic amines) is 3. The molecule has 0 aromatic rings. The maximum Gasteiger partial charge on any atom is 0.248 e. The first-order valence-electron chi connectivity index (χ1n) is 42.5. The van der Waals surface area contributed by atoms with Crippen LogP contribution in [0.4, 0.5) is 0 Å². The predicted molar refractivity (Wildman–Crippen MR) is 441 cm³/mol. The Morgan fingerprint density at radius 2 is 0.855 bits per heavy atom. The molecule has 0 aromatic heterocycles. The van der Waals surface area contributed by atoms with Gasteiger partial charge in [-0.05, 0) is 204 Å². The third kappa shape index (κ3) is 27.8. The van der Waals surface area contributed by atoms with Crippen LogP contribution in [0.5, 0.6) is 0 Å². The molecule has 0 saturated carbocycles. The molecule has 0 radical (unpaired) electrons. The van der Waals surface area contributed by atoms with E-state index in [1.54, 1.807) is 27.7 Å². The highest BCUT2D eigenvalue weighted by Gasteiger charge is 2.49. The molecule has 0 aliphatic carbocycles. The molecule has 13 N–H and O–H groups in total. The van der Waals surface area contributed by atoms with Gasteiger partial charge in [0.05, 0.1) is 38.6 Å². The largest absolute Gasteiger partial charge is 0.354 e. The van der Waals surface area contributed by atoms with Crippen molar-refractivity contribution in [2.24, 2.45) is 17.8 Å². The summed E-state index contributed by atoms with van der Waals surface area (Å²) in [5.74, 6) is -8.37. The summed E-state index contributed by atoms with van der Waals surface area (Å²) < 4.78 is 2.43. The van der Waals surface area contributed by atoms with Crippen LogP contribution in [0.1, 0.15) is 268 Å². The van der Waals surface area contributed by atoms with Crippen LogP contribution in [0.2, 0.25) is 0 Å². The van der Waals surface area contributed by atoms with Crippen molar-refractivity contribution in [2.45, 2.75) is 349 Å². The minimum Gasteiger partial charge on any atom is -0.354 e. The van der Waals surface area contributed by atoms with Crippen molar-refractivity contribution in [2.75, 3.05) is 58.9 Å². The summed E-state index contributed by atoms with van der Waals surface area (Å²) in [5.41, 5.74) is -11.0. The number of hydrogen-bond acceptors (Lipinski definition) is 17. The standard InChI is InChI=1S/C83H142N18O16/c1-23-82(21,73(114)87-55(45-50(3)4)49-98-41-32-40-97-39-31-36-63(97)98)93-66(107)57(47-52(7)8)88-64(105)53(9)86-70(111)77(11,12)91-68(109)59-34-26-29-43-100(59)76(117)81(19,20)95-72(113)79(15,16)90-62(104)48-85-61(103)37-38-84-65(106)56(46-51(5)6)89-71(112)78(13,14)96-74(115)83(22,24-2)94-69(110)60-35-27-30-44-101(60)75(116)80(17,18)92-67(108)58-33-25-28-42-99(58)54(10)102/h50-53,55-60H,23-49H2,1-22H3,(H12-,84,85,86,87,88,89,90,91,92,93,94,95,96,103,104,105,106,107,108,109,110,111,112,113,114,115)/p+1/t53-,55-,56-,57-,58-,59-,60-,82-,83-/m0/s1. The van der Waals surface area contributed by atoms with Crippen molar-refractivity contribution in [3.63, 3.8) is 0 Å². The molecule has 117 heavy (non-hydrogen) atoms. The highest BCUT2D eigenvalue weighted by atomic mass is 16.2. The van der Waals surface area contributed by atoms with E-state index in [-0.39, 0.29) is 94.3 Å². The lowest BCUT2D eigenvalue weighted by Gasteiger charge is -2.42. The zero-order valence-electron chi connectivity index (χ0n) is 74.1. The molecule has 34 heteroatoms. The second-order valence-corrected chi connectivity index (χ2v) is 37.1. The monoisotopic (exact) mass is 1650 g/mol. The van der Waals surface area contributed by atoms with Crippen molar-refractivity contribution >= 4 is 100 Å². The quantitative estimate of drug-likeness (QED) is 0.0390. The van der Waals surface area contributed by atoms with Gasteiger partial charge in [0.1, 0.15) is 81.6 Å². The average Bonchev–Trinajstić information content (AvgIpc) is 1.46. The first-order chi connectivity index (χ1) is 54.2. The highest BCUT2D eigenvalue weighted by molar-refractivity contribution is 6.03. The van der Waals surface area contributed by atoms with E-state index in [4.69, 9.17) is 0 Å². The second-order valence-electron chi connectivity index (χ2n) is 37.1. The summed E-state index contributed by atoms with van der Waals surface area (Å²) in [6.45, 7) is 39.3. The molecule has 5 rings (SSSR count). The zero-order valence-corrected chi connectivity index (χ0v) is 74.1. The first-order valence-corrected chi connectivity index (χ1v) is 42.5. The maximum atomic E-state index is 14.5. The van der Waals surface area contributed by atoms with E-state index in [1.807, 2.05) is 34.6 Å². The summed E-state index contributed by atoms with van der Waals surface area (Å²) in [6.07, 6.45) is 8.97. The molecule has 0 bridgehead atoms. The van der Waals surface area contributed by atoms with Crippen LogP contribution >= 0.6 is 0 Å². The van der Waals surface area contributed by atoms with E-state index in [9.17, 15) is 76.7 Å². The Balaban J connectivity index is 1.09. The van der Waals surface area contributed by atoms with Gasteiger partial charge in [-0.1, -0.05) is 55.4 Å². The summed E-state index contributed by atoms with van der Waals surface area (Å²) in [5, 5.41) is 35.9. The van der Waals surface area contributed by atoms with Crippen LogP contribution in [-0.4, -0.2) is 264 Å². The number of piperidine rings is 3. The number of amidine groups is 1. The predicted octanol–water partition coefficient (Wildman–Crippen LogP) is 1.82. The molecule has 0 spiro atoms. The lowest BCUT2D eigenvalue weighted by atomic mass is 9.91. The normalized spacial score (nSPS) is 19.6. The smallest absolute Gasteiger partial charge is 0.248 e. The molecule has 5 heterocycles. The van der Waals surface area contributed by atoms with Gasteiger partial charge in [-0.15, -0.1) is 0 Å². The lowest BCUT2D eigenvalue weighted by Crippen LogP contribution is -2.67. The van der Waals surface area contributed by atoms with E-state index in [1.165, 1.54) is 96.7 Å². The van der Waals surface area contributed by atoms with Crippen molar-refractivity contribution in [1.82, 2.24) is 88.7 Å². The first kappa shape index (κ1) is 98.6. The highest BCUT2D eigenvalue weighted by Crippen LogP contribution is 2.28. The van der Waals surface area contributed by atoms with E-state index < -0.39 is 164 Å². The molecule has 3 fully saturated rings. The molecule has 34 nitrogen and oxygen atoms in total. The fourth-order valence-corrected chi connectivity index (χ4v) is 15.5. The Hall–Kier alpha value is -9.01. The zero-order chi connectivity index (χ0) is 88.3. The lowest BCUT2D eigenvalue weighted by molar-refractivity contribution is -0.530. The van der Waals surface area contributed by atoms with E-state index in [0.29, 0.717) is 51.1 Å². The van der Waals surface area contributed by atoms with Crippen LogP contribution in [0.25, 0.3) is 0 Å². The number of hydrogen-bond donors (Lipinski definition) is 13. The number of carbonyl (C=O) groups excluding carboxylic acids is 16. The molecular formula is C83H143N18O16+.